The third-order valence-corrected chi connectivity index (χ3v) is 5.05. The van der Waals surface area contributed by atoms with Gasteiger partial charge in [-0.15, -0.1) is 0 Å². The van der Waals surface area contributed by atoms with Crippen LogP contribution in [0.5, 0.6) is 0 Å². The van der Waals surface area contributed by atoms with Crippen molar-refractivity contribution in [3.63, 3.8) is 0 Å². The van der Waals surface area contributed by atoms with Crippen molar-refractivity contribution in [3.8, 4) is 0 Å². The van der Waals surface area contributed by atoms with E-state index in [9.17, 15) is 9.59 Å². The molecule has 4 rings (SSSR count). The van der Waals surface area contributed by atoms with Crippen molar-refractivity contribution in [2.45, 2.75) is 0 Å². The van der Waals surface area contributed by atoms with E-state index in [1.54, 1.807) is 40.3 Å². The Bertz CT molecular complexity index is 996. The van der Waals surface area contributed by atoms with Gasteiger partial charge in [0.05, 0.1) is 5.52 Å². The van der Waals surface area contributed by atoms with Crippen LogP contribution in [0.3, 0.4) is 0 Å². The first kappa shape index (κ1) is 17.5. The number of benzene rings is 2. The number of pyridine rings is 1. The van der Waals surface area contributed by atoms with E-state index < -0.39 is 0 Å². The van der Waals surface area contributed by atoms with Crippen LogP contribution in [0.25, 0.3) is 10.9 Å². The number of fused-ring (bicyclic) bond motifs is 1. The van der Waals surface area contributed by atoms with Crippen molar-refractivity contribution in [2.24, 2.45) is 0 Å². The second-order valence-electron chi connectivity index (χ2n) is 6.50. The molecule has 1 saturated heterocycles. The molecule has 2 heterocycles. The van der Waals surface area contributed by atoms with Gasteiger partial charge in [-0.05, 0) is 48.5 Å². The Kier molecular flexibility index (Phi) is 4.77. The monoisotopic (exact) mass is 379 g/mol. The zero-order valence-electron chi connectivity index (χ0n) is 14.6. The first-order valence-electron chi connectivity index (χ1n) is 8.81. The minimum atomic E-state index is -0.0319. The Balaban J connectivity index is 1.42. The summed E-state index contributed by atoms with van der Waals surface area (Å²) < 4.78 is 0. The van der Waals surface area contributed by atoms with Crippen molar-refractivity contribution < 1.29 is 9.59 Å². The Hall–Kier alpha value is -2.92. The van der Waals surface area contributed by atoms with Crippen molar-refractivity contribution in [1.29, 1.82) is 0 Å². The maximum atomic E-state index is 12.8. The van der Waals surface area contributed by atoms with Crippen LogP contribution in [-0.2, 0) is 0 Å². The van der Waals surface area contributed by atoms with E-state index in [0.717, 1.165) is 10.9 Å². The highest BCUT2D eigenvalue weighted by atomic mass is 35.5. The summed E-state index contributed by atoms with van der Waals surface area (Å²) in [5, 5.41) is 1.55. The lowest BCUT2D eigenvalue weighted by molar-refractivity contribution is 0.0535. The van der Waals surface area contributed by atoms with Crippen molar-refractivity contribution in [2.75, 3.05) is 26.2 Å². The third-order valence-electron chi connectivity index (χ3n) is 4.80. The number of rotatable bonds is 2. The smallest absolute Gasteiger partial charge is 0.253 e. The van der Waals surface area contributed by atoms with E-state index >= 15 is 0 Å². The van der Waals surface area contributed by atoms with Gasteiger partial charge in [-0.25, -0.2) is 0 Å². The van der Waals surface area contributed by atoms with Gasteiger partial charge in [0.1, 0.15) is 0 Å². The average molecular weight is 380 g/mol. The highest BCUT2D eigenvalue weighted by Crippen LogP contribution is 2.17. The largest absolute Gasteiger partial charge is 0.335 e. The summed E-state index contributed by atoms with van der Waals surface area (Å²) in [6.45, 7) is 2.07. The number of carbonyl (C=O) groups excluding carboxylic acids is 2. The molecule has 1 aliphatic rings. The Morgan fingerprint density at radius 1 is 0.815 bits per heavy atom. The third kappa shape index (κ3) is 3.64. The highest BCUT2D eigenvalue weighted by Gasteiger charge is 2.25. The molecule has 0 N–H and O–H groups in total. The second kappa shape index (κ2) is 7.37. The van der Waals surface area contributed by atoms with Gasteiger partial charge in [-0.1, -0.05) is 17.7 Å². The molecule has 27 heavy (non-hydrogen) atoms. The van der Waals surface area contributed by atoms with E-state index in [1.807, 2.05) is 30.3 Å². The van der Waals surface area contributed by atoms with Gasteiger partial charge in [0.15, 0.2) is 0 Å². The molecule has 1 aromatic heterocycles. The molecule has 136 valence electrons. The van der Waals surface area contributed by atoms with Crippen molar-refractivity contribution in [3.05, 3.63) is 76.9 Å². The normalized spacial score (nSPS) is 14.4. The van der Waals surface area contributed by atoms with E-state index in [4.69, 9.17) is 11.6 Å². The fourth-order valence-electron chi connectivity index (χ4n) is 3.28. The van der Waals surface area contributed by atoms with Gasteiger partial charge >= 0.3 is 0 Å². The summed E-state index contributed by atoms with van der Waals surface area (Å²) in [5.74, 6) is -0.0464. The number of amides is 2. The molecule has 5 nitrogen and oxygen atoms in total. The first-order valence-corrected chi connectivity index (χ1v) is 9.18. The lowest BCUT2D eigenvalue weighted by atomic mass is 10.1. The van der Waals surface area contributed by atoms with E-state index in [-0.39, 0.29) is 11.8 Å². The highest BCUT2D eigenvalue weighted by molar-refractivity contribution is 6.30. The van der Waals surface area contributed by atoms with E-state index in [0.29, 0.717) is 42.3 Å². The van der Waals surface area contributed by atoms with Crippen LogP contribution in [0.2, 0.25) is 5.02 Å². The Morgan fingerprint density at radius 3 is 2.07 bits per heavy atom. The number of aromatic nitrogens is 1. The summed E-state index contributed by atoms with van der Waals surface area (Å²) >= 11 is 5.88. The molecule has 2 aromatic carbocycles. The standard InChI is InChI=1S/C21H18ClN3O2/c22-18-6-3-15(4-7-18)20(26)24-10-12-25(13-11-24)21(27)17-5-8-19-16(14-17)2-1-9-23-19/h1-9,14H,10-13H2. The van der Waals surface area contributed by atoms with Gasteiger partial charge in [0.25, 0.3) is 11.8 Å². The zero-order chi connectivity index (χ0) is 18.8. The molecular formula is C21H18ClN3O2. The Morgan fingerprint density at radius 2 is 1.41 bits per heavy atom. The van der Waals surface area contributed by atoms with E-state index in [1.165, 1.54) is 0 Å². The van der Waals surface area contributed by atoms with Crippen LogP contribution in [0.1, 0.15) is 20.7 Å². The van der Waals surface area contributed by atoms with Gasteiger partial charge in [-0.2, -0.15) is 0 Å². The SMILES string of the molecule is O=C(c1ccc(Cl)cc1)N1CCN(C(=O)c2ccc3ncccc3c2)CC1. The molecule has 0 bridgehead atoms. The summed E-state index contributed by atoms with van der Waals surface area (Å²) in [6, 6.07) is 16.2. The summed E-state index contributed by atoms with van der Waals surface area (Å²) in [7, 11) is 0. The molecule has 0 unspecified atom stereocenters. The summed E-state index contributed by atoms with van der Waals surface area (Å²) in [4.78, 5) is 33.2. The van der Waals surface area contributed by atoms with Crippen LogP contribution >= 0.6 is 11.6 Å². The van der Waals surface area contributed by atoms with Gasteiger partial charge in [0.2, 0.25) is 0 Å². The Labute approximate surface area is 162 Å². The molecule has 6 heteroatoms. The molecule has 0 radical (unpaired) electrons. The minimum Gasteiger partial charge on any atom is -0.335 e. The quantitative estimate of drug-likeness (QED) is 0.685. The zero-order valence-corrected chi connectivity index (χ0v) is 15.4. The fourth-order valence-corrected chi connectivity index (χ4v) is 3.40. The van der Waals surface area contributed by atoms with Crippen LogP contribution in [-0.4, -0.2) is 52.8 Å². The number of hydrogen-bond donors (Lipinski definition) is 0. The second-order valence-corrected chi connectivity index (χ2v) is 6.94. The molecular weight excluding hydrogens is 362 g/mol. The lowest BCUT2D eigenvalue weighted by Gasteiger charge is -2.35. The van der Waals surface area contributed by atoms with Crippen LogP contribution in [0, 0.1) is 0 Å². The summed E-state index contributed by atoms with van der Waals surface area (Å²) in [5.41, 5.74) is 2.13. The van der Waals surface area contributed by atoms with Crippen molar-refractivity contribution in [1.82, 2.24) is 14.8 Å². The molecule has 0 spiro atoms. The number of hydrogen-bond acceptors (Lipinski definition) is 3. The fraction of sp³-hybridized carbons (Fsp3) is 0.190. The predicted molar refractivity (Wildman–Crippen MR) is 105 cm³/mol. The molecule has 1 fully saturated rings. The first-order chi connectivity index (χ1) is 13.1. The predicted octanol–water partition coefficient (Wildman–Crippen LogP) is 3.49. The molecule has 1 aliphatic heterocycles. The lowest BCUT2D eigenvalue weighted by Crippen LogP contribution is -2.50. The van der Waals surface area contributed by atoms with Gasteiger partial charge in [0, 0.05) is 53.9 Å². The molecule has 0 saturated carbocycles. The minimum absolute atomic E-state index is 0.0145. The average Bonchev–Trinajstić information content (AvgIpc) is 2.73. The van der Waals surface area contributed by atoms with Crippen LogP contribution in [0.15, 0.2) is 60.8 Å². The number of piperazine rings is 1. The van der Waals surface area contributed by atoms with Gasteiger partial charge < -0.3 is 9.80 Å². The van der Waals surface area contributed by atoms with Crippen LogP contribution in [0.4, 0.5) is 0 Å². The topological polar surface area (TPSA) is 53.5 Å². The van der Waals surface area contributed by atoms with Crippen molar-refractivity contribution >= 4 is 34.3 Å². The molecule has 0 aliphatic carbocycles. The number of halogens is 1. The van der Waals surface area contributed by atoms with Gasteiger partial charge in [-0.3, -0.25) is 14.6 Å². The maximum absolute atomic E-state index is 12.8. The molecule has 0 atom stereocenters. The molecule has 3 aromatic rings. The molecule has 2 amide bonds. The van der Waals surface area contributed by atoms with Crippen LogP contribution < -0.4 is 0 Å². The number of carbonyl (C=O) groups is 2. The van der Waals surface area contributed by atoms with E-state index in [2.05, 4.69) is 4.98 Å². The number of nitrogens with zero attached hydrogens (tertiary/aromatic N) is 3. The maximum Gasteiger partial charge on any atom is 0.253 e. The summed E-state index contributed by atoms with van der Waals surface area (Å²) in [6.07, 6.45) is 1.74.